The maximum Gasteiger partial charge on any atom is 0.243 e. The predicted molar refractivity (Wildman–Crippen MR) is 113 cm³/mol. The summed E-state index contributed by atoms with van der Waals surface area (Å²) in [6, 6.07) is 18.5. The lowest BCUT2D eigenvalue weighted by atomic mass is 10.1. The van der Waals surface area contributed by atoms with Crippen LogP contribution >= 0.6 is 11.6 Å². The topological polar surface area (TPSA) is 74.8 Å². The van der Waals surface area contributed by atoms with E-state index in [9.17, 15) is 16.8 Å². The molecule has 0 amide bonds. The highest BCUT2D eigenvalue weighted by molar-refractivity contribution is 7.89. The summed E-state index contributed by atoms with van der Waals surface area (Å²) in [6.07, 6.45) is 0. The van der Waals surface area contributed by atoms with E-state index in [-0.39, 0.29) is 36.0 Å². The highest BCUT2D eigenvalue weighted by Crippen LogP contribution is 2.25. The zero-order valence-electron chi connectivity index (χ0n) is 15.4. The van der Waals surface area contributed by atoms with Gasteiger partial charge in [0.2, 0.25) is 20.0 Å². The normalized spacial score (nSPS) is 16.9. The van der Waals surface area contributed by atoms with Gasteiger partial charge in [0.1, 0.15) is 0 Å². The Bertz CT molecular complexity index is 1250. The molecule has 0 spiro atoms. The summed E-state index contributed by atoms with van der Waals surface area (Å²) in [5.74, 6) is 0. The summed E-state index contributed by atoms with van der Waals surface area (Å²) in [6.45, 7) is 0.388. The van der Waals surface area contributed by atoms with Crippen molar-refractivity contribution in [3.8, 4) is 0 Å². The average molecular weight is 451 g/mol. The van der Waals surface area contributed by atoms with Crippen LogP contribution in [0.2, 0.25) is 5.02 Å². The zero-order valence-corrected chi connectivity index (χ0v) is 17.8. The largest absolute Gasteiger partial charge is 0.243 e. The van der Waals surface area contributed by atoms with Crippen molar-refractivity contribution in [1.29, 1.82) is 0 Å². The highest BCUT2D eigenvalue weighted by atomic mass is 35.5. The second-order valence-electron chi connectivity index (χ2n) is 6.77. The molecule has 3 aromatic rings. The summed E-state index contributed by atoms with van der Waals surface area (Å²) < 4.78 is 54.3. The molecule has 0 radical (unpaired) electrons. The van der Waals surface area contributed by atoms with E-state index >= 15 is 0 Å². The Hall–Kier alpha value is -1.97. The number of hydrogen-bond acceptors (Lipinski definition) is 4. The van der Waals surface area contributed by atoms with Crippen molar-refractivity contribution in [3.05, 3.63) is 71.8 Å². The Morgan fingerprint density at radius 1 is 0.621 bits per heavy atom. The van der Waals surface area contributed by atoms with Crippen molar-refractivity contribution in [2.75, 3.05) is 26.2 Å². The molecule has 0 unspecified atom stereocenters. The fourth-order valence-electron chi connectivity index (χ4n) is 3.38. The van der Waals surface area contributed by atoms with E-state index in [0.29, 0.717) is 5.02 Å². The monoisotopic (exact) mass is 450 g/mol. The van der Waals surface area contributed by atoms with Crippen molar-refractivity contribution in [2.45, 2.75) is 9.79 Å². The number of benzene rings is 3. The third-order valence-electron chi connectivity index (χ3n) is 5.01. The standard InChI is InChI=1S/C20H19ClN2O4S2/c21-18-6-9-19(10-7-18)28(24,25)22-11-13-23(14-12-22)29(26,27)20-8-5-16-3-1-2-4-17(16)15-20/h1-10,15H,11-14H2. The molecule has 0 atom stereocenters. The molecule has 1 fully saturated rings. The Kier molecular flexibility index (Phi) is 5.39. The number of halogens is 1. The van der Waals surface area contributed by atoms with Crippen molar-refractivity contribution in [3.63, 3.8) is 0 Å². The lowest BCUT2D eigenvalue weighted by Crippen LogP contribution is -2.50. The third kappa shape index (κ3) is 3.91. The SMILES string of the molecule is O=S(=O)(c1ccc(Cl)cc1)N1CCN(S(=O)(=O)c2ccc3ccccc3c2)CC1. The number of nitrogens with zero attached hydrogens (tertiary/aromatic N) is 2. The van der Waals surface area contributed by atoms with E-state index in [0.717, 1.165) is 10.8 Å². The molecule has 1 aliphatic rings. The molecule has 152 valence electrons. The Morgan fingerprint density at radius 3 is 1.69 bits per heavy atom. The first-order chi connectivity index (χ1) is 13.8. The second kappa shape index (κ2) is 7.70. The number of hydrogen-bond donors (Lipinski definition) is 0. The molecule has 4 rings (SSSR count). The maximum absolute atomic E-state index is 13.0. The third-order valence-corrected chi connectivity index (χ3v) is 9.07. The van der Waals surface area contributed by atoms with Crippen molar-refractivity contribution in [1.82, 2.24) is 8.61 Å². The minimum atomic E-state index is -3.70. The van der Waals surface area contributed by atoms with Crippen LogP contribution in [0.15, 0.2) is 76.5 Å². The summed E-state index contributed by atoms with van der Waals surface area (Å²) in [5, 5.41) is 2.26. The molecule has 0 aliphatic carbocycles. The summed E-state index contributed by atoms with van der Waals surface area (Å²) in [7, 11) is -7.39. The molecular formula is C20H19ClN2O4S2. The molecule has 29 heavy (non-hydrogen) atoms. The summed E-state index contributed by atoms with van der Waals surface area (Å²) >= 11 is 5.83. The van der Waals surface area contributed by atoms with Crippen LogP contribution < -0.4 is 0 Å². The fraction of sp³-hybridized carbons (Fsp3) is 0.200. The van der Waals surface area contributed by atoms with Gasteiger partial charge in [-0.05, 0) is 47.2 Å². The highest BCUT2D eigenvalue weighted by Gasteiger charge is 2.33. The van der Waals surface area contributed by atoms with Gasteiger partial charge < -0.3 is 0 Å². The van der Waals surface area contributed by atoms with Gasteiger partial charge in [-0.15, -0.1) is 0 Å². The molecule has 1 saturated heterocycles. The molecule has 0 N–H and O–H groups in total. The van der Waals surface area contributed by atoms with Gasteiger partial charge in [0, 0.05) is 31.2 Å². The number of fused-ring (bicyclic) bond motifs is 1. The van der Waals surface area contributed by atoms with E-state index in [2.05, 4.69) is 0 Å². The molecule has 0 aromatic heterocycles. The van der Waals surface area contributed by atoms with Gasteiger partial charge in [-0.2, -0.15) is 8.61 Å². The van der Waals surface area contributed by atoms with Crippen LogP contribution in [0, 0.1) is 0 Å². The average Bonchev–Trinajstić information content (AvgIpc) is 2.74. The van der Waals surface area contributed by atoms with Gasteiger partial charge in [-0.25, -0.2) is 16.8 Å². The predicted octanol–water partition coefficient (Wildman–Crippen LogP) is 3.19. The minimum absolute atomic E-state index is 0.0950. The van der Waals surface area contributed by atoms with Crippen molar-refractivity contribution in [2.24, 2.45) is 0 Å². The molecule has 1 aliphatic heterocycles. The number of sulfonamides is 2. The quantitative estimate of drug-likeness (QED) is 0.611. The van der Waals surface area contributed by atoms with Crippen LogP contribution in [0.1, 0.15) is 0 Å². The zero-order chi connectivity index (χ0) is 20.6. The first kappa shape index (κ1) is 20.3. The van der Waals surface area contributed by atoms with Gasteiger partial charge >= 0.3 is 0 Å². The van der Waals surface area contributed by atoms with E-state index in [1.54, 1.807) is 18.2 Å². The van der Waals surface area contributed by atoms with E-state index < -0.39 is 20.0 Å². The van der Waals surface area contributed by atoms with Crippen molar-refractivity contribution >= 4 is 42.4 Å². The van der Waals surface area contributed by atoms with Gasteiger partial charge in [0.05, 0.1) is 9.79 Å². The van der Waals surface area contributed by atoms with Gasteiger partial charge in [-0.3, -0.25) is 0 Å². The minimum Gasteiger partial charge on any atom is -0.207 e. The lowest BCUT2D eigenvalue weighted by molar-refractivity contribution is 0.273. The van der Waals surface area contributed by atoms with E-state index in [1.165, 1.54) is 32.9 Å². The molecular weight excluding hydrogens is 432 g/mol. The molecule has 6 nitrogen and oxygen atoms in total. The maximum atomic E-state index is 13.0. The fourth-order valence-corrected chi connectivity index (χ4v) is 6.39. The van der Waals surface area contributed by atoms with Crippen LogP contribution in [-0.4, -0.2) is 51.6 Å². The van der Waals surface area contributed by atoms with Crippen LogP contribution in [0.5, 0.6) is 0 Å². The first-order valence-electron chi connectivity index (χ1n) is 9.03. The molecule has 3 aromatic carbocycles. The van der Waals surface area contributed by atoms with Crippen molar-refractivity contribution < 1.29 is 16.8 Å². The van der Waals surface area contributed by atoms with Crippen LogP contribution in [0.4, 0.5) is 0 Å². The summed E-state index contributed by atoms with van der Waals surface area (Å²) in [4.78, 5) is 0.359. The van der Waals surface area contributed by atoms with Crippen LogP contribution in [0.3, 0.4) is 0 Å². The van der Waals surface area contributed by atoms with Crippen LogP contribution in [0.25, 0.3) is 10.8 Å². The lowest BCUT2D eigenvalue weighted by Gasteiger charge is -2.33. The Balaban J connectivity index is 1.53. The molecule has 9 heteroatoms. The number of rotatable bonds is 4. The molecule has 1 heterocycles. The summed E-state index contributed by atoms with van der Waals surface area (Å²) in [5.41, 5.74) is 0. The molecule has 0 saturated carbocycles. The van der Waals surface area contributed by atoms with E-state index in [1.807, 2.05) is 24.3 Å². The van der Waals surface area contributed by atoms with E-state index in [4.69, 9.17) is 11.6 Å². The van der Waals surface area contributed by atoms with Crippen LogP contribution in [-0.2, 0) is 20.0 Å². The number of piperazine rings is 1. The second-order valence-corrected chi connectivity index (χ2v) is 11.1. The van der Waals surface area contributed by atoms with Gasteiger partial charge in [-0.1, -0.05) is 41.9 Å². The Labute approximate surface area is 175 Å². The first-order valence-corrected chi connectivity index (χ1v) is 12.3. The Morgan fingerprint density at radius 2 is 1.10 bits per heavy atom. The molecule has 0 bridgehead atoms. The van der Waals surface area contributed by atoms with Gasteiger partial charge in [0.15, 0.2) is 0 Å². The van der Waals surface area contributed by atoms with Gasteiger partial charge in [0.25, 0.3) is 0 Å². The smallest absolute Gasteiger partial charge is 0.207 e.